The Labute approximate surface area is 161 Å². The first kappa shape index (κ1) is 20.7. The van der Waals surface area contributed by atoms with E-state index in [1.54, 1.807) is 24.3 Å². The zero-order chi connectivity index (χ0) is 20.4. The highest BCUT2D eigenvalue weighted by Crippen LogP contribution is 2.17. The van der Waals surface area contributed by atoms with Gasteiger partial charge in [0.05, 0.1) is 11.5 Å². The Hall–Kier alpha value is -3.62. The first-order valence-corrected chi connectivity index (χ1v) is 8.53. The lowest BCUT2D eigenvalue weighted by molar-refractivity contribution is -0.384. The van der Waals surface area contributed by atoms with E-state index < -0.39 is 16.8 Å². The molecule has 0 bridgehead atoms. The lowest BCUT2D eigenvalue weighted by atomic mass is 10.2. The summed E-state index contributed by atoms with van der Waals surface area (Å²) in [5.41, 5.74) is -0.123. The molecule has 0 atom stereocenters. The Morgan fingerprint density at radius 2 is 1.71 bits per heavy atom. The number of nitro groups is 1. The molecule has 0 aliphatic rings. The van der Waals surface area contributed by atoms with Gasteiger partial charge in [0.25, 0.3) is 11.6 Å². The number of non-ortho nitro benzene ring substituents is 1. The van der Waals surface area contributed by atoms with E-state index in [2.05, 4.69) is 5.32 Å². The maximum atomic E-state index is 11.9. The van der Waals surface area contributed by atoms with Crippen molar-refractivity contribution >= 4 is 17.6 Å². The summed E-state index contributed by atoms with van der Waals surface area (Å²) in [5.74, 6) is 0.0969. The summed E-state index contributed by atoms with van der Waals surface area (Å²) < 4.78 is 15.7. The molecule has 0 aliphatic carbocycles. The number of nitrogens with zero attached hydrogens (tertiary/aromatic N) is 1. The molecule has 2 rings (SSSR count). The fourth-order valence-corrected chi connectivity index (χ4v) is 2.18. The van der Waals surface area contributed by atoms with Crippen molar-refractivity contribution in [2.45, 2.75) is 6.92 Å². The van der Waals surface area contributed by atoms with Crippen molar-refractivity contribution in [2.75, 3.05) is 26.4 Å². The first-order valence-electron chi connectivity index (χ1n) is 8.53. The van der Waals surface area contributed by atoms with Crippen LogP contribution in [0.2, 0.25) is 0 Å². The van der Waals surface area contributed by atoms with Crippen molar-refractivity contribution in [2.24, 2.45) is 0 Å². The van der Waals surface area contributed by atoms with Crippen LogP contribution in [-0.2, 0) is 9.53 Å². The van der Waals surface area contributed by atoms with Gasteiger partial charge < -0.3 is 19.5 Å². The van der Waals surface area contributed by atoms with Crippen LogP contribution in [-0.4, -0.2) is 43.2 Å². The molecule has 2 aromatic rings. The van der Waals surface area contributed by atoms with Crippen molar-refractivity contribution in [3.05, 3.63) is 64.2 Å². The van der Waals surface area contributed by atoms with Crippen LogP contribution in [0.3, 0.4) is 0 Å². The van der Waals surface area contributed by atoms with E-state index in [0.717, 1.165) is 11.8 Å². The van der Waals surface area contributed by atoms with Gasteiger partial charge in [0.1, 0.15) is 31.3 Å². The van der Waals surface area contributed by atoms with Crippen molar-refractivity contribution in [1.82, 2.24) is 5.32 Å². The normalized spacial score (nSPS) is 10.0. The Morgan fingerprint density at radius 1 is 1.04 bits per heavy atom. The molecule has 148 valence electrons. The molecule has 0 spiro atoms. The van der Waals surface area contributed by atoms with Crippen LogP contribution in [0.25, 0.3) is 0 Å². The fourth-order valence-electron chi connectivity index (χ4n) is 2.18. The van der Waals surface area contributed by atoms with Crippen LogP contribution in [0.5, 0.6) is 11.5 Å². The topological polar surface area (TPSA) is 117 Å². The van der Waals surface area contributed by atoms with Gasteiger partial charge in [0, 0.05) is 17.7 Å². The predicted octanol–water partition coefficient (Wildman–Crippen LogP) is 2.35. The molecule has 0 unspecified atom stereocenters. The molecule has 9 heteroatoms. The van der Waals surface area contributed by atoms with Gasteiger partial charge >= 0.3 is 5.97 Å². The van der Waals surface area contributed by atoms with Crippen LogP contribution < -0.4 is 14.8 Å². The third-order valence-corrected chi connectivity index (χ3v) is 3.46. The second-order valence-electron chi connectivity index (χ2n) is 5.46. The van der Waals surface area contributed by atoms with Gasteiger partial charge in [-0.2, -0.15) is 0 Å². The van der Waals surface area contributed by atoms with Crippen LogP contribution in [0.1, 0.15) is 17.3 Å². The molecular formula is C19H20N2O7. The molecule has 1 amide bonds. The predicted molar refractivity (Wildman–Crippen MR) is 99.5 cm³/mol. The minimum absolute atomic E-state index is 0.0126. The second kappa shape index (κ2) is 10.5. The number of hydrogen-bond acceptors (Lipinski definition) is 7. The highest BCUT2D eigenvalue weighted by Gasteiger charge is 2.13. The van der Waals surface area contributed by atoms with Gasteiger partial charge in [0.15, 0.2) is 0 Å². The number of esters is 1. The number of hydrogen-bond donors (Lipinski definition) is 1. The number of amides is 1. The van der Waals surface area contributed by atoms with Gasteiger partial charge in [-0.1, -0.05) is 6.07 Å². The van der Waals surface area contributed by atoms with Crippen molar-refractivity contribution in [3.63, 3.8) is 0 Å². The Bertz CT molecular complexity index is 821. The maximum Gasteiger partial charge on any atom is 0.325 e. The number of nitrogens with one attached hydrogen (secondary N) is 1. The Kier molecular flexibility index (Phi) is 7.77. The summed E-state index contributed by atoms with van der Waals surface area (Å²) in [7, 11) is 0. The number of carbonyl (C=O) groups is 2. The molecule has 0 saturated carbocycles. The number of carbonyl (C=O) groups excluding carboxylic acids is 2. The molecule has 9 nitrogen and oxygen atoms in total. The number of ether oxygens (including phenoxy) is 3. The van der Waals surface area contributed by atoms with Crippen LogP contribution in [0, 0.1) is 10.1 Å². The van der Waals surface area contributed by atoms with Crippen LogP contribution in [0.15, 0.2) is 48.5 Å². The van der Waals surface area contributed by atoms with E-state index in [0.29, 0.717) is 12.4 Å². The Balaban J connectivity index is 1.67. The van der Waals surface area contributed by atoms with E-state index >= 15 is 0 Å². The van der Waals surface area contributed by atoms with E-state index in [1.807, 2.05) is 6.92 Å². The van der Waals surface area contributed by atoms with Crippen LogP contribution >= 0.6 is 0 Å². The SMILES string of the molecule is CCOc1ccc(OCCOC(=O)CNC(=O)c2cccc([N+](=O)[O-])c2)cc1. The van der Waals surface area contributed by atoms with E-state index in [9.17, 15) is 19.7 Å². The number of benzene rings is 2. The molecule has 0 aliphatic heterocycles. The second-order valence-corrected chi connectivity index (χ2v) is 5.46. The minimum atomic E-state index is -0.644. The third kappa shape index (κ3) is 6.60. The lowest BCUT2D eigenvalue weighted by Crippen LogP contribution is -2.31. The van der Waals surface area contributed by atoms with Crippen LogP contribution in [0.4, 0.5) is 5.69 Å². The number of nitro benzene ring substituents is 1. The first-order chi connectivity index (χ1) is 13.5. The number of rotatable bonds is 10. The highest BCUT2D eigenvalue weighted by atomic mass is 16.6. The standard InChI is InChI=1S/C19H20N2O7/c1-2-26-16-6-8-17(9-7-16)27-10-11-28-18(22)13-20-19(23)14-4-3-5-15(12-14)21(24)25/h3-9,12H,2,10-11,13H2,1H3,(H,20,23). The average molecular weight is 388 g/mol. The van der Waals surface area contributed by atoms with Gasteiger partial charge in [-0.05, 0) is 37.3 Å². The van der Waals surface area contributed by atoms with Gasteiger partial charge in [-0.25, -0.2) is 0 Å². The molecule has 0 fully saturated rings. The summed E-state index contributed by atoms with van der Waals surface area (Å²) in [5, 5.41) is 13.1. The summed E-state index contributed by atoms with van der Waals surface area (Å²) >= 11 is 0. The molecule has 2 aromatic carbocycles. The van der Waals surface area contributed by atoms with E-state index in [4.69, 9.17) is 14.2 Å². The molecule has 28 heavy (non-hydrogen) atoms. The fraction of sp³-hybridized carbons (Fsp3) is 0.263. The monoisotopic (exact) mass is 388 g/mol. The zero-order valence-corrected chi connectivity index (χ0v) is 15.3. The largest absolute Gasteiger partial charge is 0.494 e. The quantitative estimate of drug-likeness (QED) is 0.287. The highest BCUT2D eigenvalue weighted by molar-refractivity contribution is 5.96. The van der Waals surface area contributed by atoms with Crippen molar-refractivity contribution in [1.29, 1.82) is 0 Å². The molecule has 0 aromatic heterocycles. The van der Waals surface area contributed by atoms with Gasteiger partial charge in [0.2, 0.25) is 0 Å². The molecule has 0 heterocycles. The Morgan fingerprint density at radius 3 is 2.36 bits per heavy atom. The summed E-state index contributed by atoms with van der Waals surface area (Å²) in [6.45, 7) is 2.28. The lowest BCUT2D eigenvalue weighted by Gasteiger charge is -2.09. The average Bonchev–Trinajstić information content (AvgIpc) is 2.71. The molecule has 1 N–H and O–H groups in total. The maximum absolute atomic E-state index is 11.9. The van der Waals surface area contributed by atoms with Crippen molar-refractivity contribution in [3.8, 4) is 11.5 Å². The van der Waals surface area contributed by atoms with Gasteiger partial charge in [-0.3, -0.25) is 19.7 Å². The molecular weight excluding hydrogens is 368 g/mol. The minimum Gasteiger partial charge on any atom is -0.494 e. The van der Waals surface area contributed by atoms with Crippen molar-refractivity contribution < 1.29 is 28.7 Å². The zero-order valence-electron chi connectivity index (χ0n) is 15.3. The smallest absolute Gasteiger partial charge is 0.325 e. The molecule has 0 radical (unpaired) electrons. The van der Waals surface area contributed by atoms with Gasteiger partial charge in [-0.15, -0.1) is 0 Å². The van der Waals surface area contributed by atoms with E-state index in [-0.39, 0.29) is 31.0 Å². The summed E-state index contributed by atoms with van der Waals surface area (Å²) in [6.07, 6.45) is 0. The third-order valence-electron chi connectivity index (χ3n) is 3.46. The summed E-state index contributed by atoms with van der Waals surface area (Å²) in [6, 6.07) is 12.2. The molecule has 0 saturated heterocycles. The van der Waals surface area contributed by atoms with E-state index in [1.165, 1.54) is 18.2 Å². The summed E-state index contributed by atoms with van der Waals surface area (Å²) in [4.78, 5) is 33.7.